The molecule has 0 amide bonds. The second-order valence-corrected chi connectivity index (χ2v) is 2.48. The zero-order valence-corrected chi connectivity index (χ0v) is 6.67. The van der Waals surface area contributed by atoms with Crippen molar-refractivity contribution in [3.63, 3.8) is 0 Å². The fraction of sp³-hybridized carbons (Fsp3) is 0.750. The van der Waals surface area contributed by atoms with Gasteiger partial charge in [-0.05, 0) is 19.4 Å². The first-order chi connectivity index (χ1) is 4.62. The van der Waals surface area contributed by atoms with Gasteiger partial charge in [0.15, 0.2) is 5.79 Å². The van der Waals surface area contributed by atoms with Gasteiger partial charge in [-0.25, -0.2) is 0 Å². The van der Waals surface area contributed by atoms with E-state index >= 15 is 0 Å². The topological polar surface area (TPSA) is 40.5 Å². The Labute approximate surface area is 62.2 Å². The lowest BCUT2D eigenvalue weighted by Gasteiger charge is -2.15. The molecule has 0 aromatic heterocycles. The lowest BCUT2D eigenvalue weighted by molar-refractivity contribution is -0.123. The number of aliphatic hydroxyl groups is 2. The second-order valence-electron chi connectivity index (χ2n) is 2.48. The fourth-order valence-electron chi connectivity index (χ4n) is 0.787. The van der Waals surface area contributed by atoms with Gasteiger partial charge < -0.3 is 10.2 Å². The summed E-state index contributed by atoms with van der Waals surface area (Å²) >= 11 is 0. The van der Waals surface area contributed by atoms with Gasteiger partial charge in [0.25, 0.3) is 0 Å². The number of rotatable bonds is 4. The van der Waals surface area contributed by atoms with E-state index in [0.29, 0.717) is 6.42 Å². The van der Waals surface area contributed by atoms with Crippen molar-refractivity contribution in [3.8, 4) is 0 Å². The normalized spacial score (nSPS) is 12.8. The molecule has 0 saturated heterocycles. The third kappa shape index (κ3) is 4.53. The average Bonchev–Trinajstić information content (AvgIpc) is 1.84. The summed E-state index contributed by atoms with van der Waals surface area (Å²) in [5, 5.41) is 18.2. The molecule has 0 saturated carbocycles. The molecule has 0 spiro atoms. The van der Waals surface area contributed by atoms with E-state index in [4.69, 9.17) is 10.2 Å². The zero-order chi connectivity index (χ0) is 8.04. The van der Waals surface area contributed by atoms with Gasteiger partial charge in [-0.3, -0.25) is 0 Å². The van der Waals surface area contributed by atoms with Crippen LogP contribution in [-0.4, -0.2) is 16.0 Å². The highest BCUT2D eigenvalue weighted by molar-refractivity contribution is 4.90. The van der Waals surface area contributed by atoms with E-state index in [2.05, 4.69) is 0 Å². The molecule has 2 heteroatoms. The van der Waals surface area contributed by atoms with Crippen molar-refractivity contribution in [2.45, 2.75) is 38.9 Å². The molecule has 0 aromatic rings. The van der Waals surface area contributed by atoms with Crippen molar-refractivity contribution < 1.29 is 10.2 Å². The summed E-state index contributed by atoms with van der Waals surface area (Å²) in [6.45, 7) is 3.79. The summed E-state index contributed by atoms with van der Waals surface area (Å²) in [5.41, 5.74) is 0. The van der Waals surface area contributed by atoms with Crippen LogP contribution in [0.3, 0.4) is 0 Å². The van der Waals surface area contributed by atoms with Gasteiger partial charge >= 0.3 is 0 Å². The van der Waals surface area contributed by atoms with Crippen molar-refractivity contribution >= 4 is 0 Å². The summed E-state index contributed by atoms with van der Waals surface area (Å²) in [6, 6.07) is 0. The quantitative estimate of drug-likeness (QED) is 0.463. The van der Waals surface area contributed by atoms with Crippen molar-refractivity contribution in [1.29, 1.82) is 0 Å². The Morgan fingerprint density at radius 2 is 2.00 bits per heavy atom. The minimum absolute atomic E-state index is 0.424. The smallest absolute Gasteiger partial charge is 0.182 e. The number of hydrogen-bond acceptors (Lipinski definition) is 2. The summed E-state index contributed by atoms with van der Waals surface area (Å²) < 4.78 is 0. The number of allylic oxidation sites excluding steroid dienone is 1. The molecular formula is C8H16O2. The molecule has 10 heavy (non-hydrogen) atoms. The predicted molar refractivity (Wildman–Crippen MR) is 41.5 cm³/mol. The Morgan fingerprint density at radius 3 is 2.40 bits per heavy atom. The third-order valence-corrected chi connectivity index (χ3v) is 1.33. The van der Waals surface area contributed by atoms with E-state index in [1.165, 1.54) is 6.08 Å². The minimum atomic E-state index is -1.58. The Hall–Kier alpha value is -0.340. The summed E-state index contributed by atoms with van der Waals surface area (Å²) in [5.74, 6) is -1.58. The van der Waals surface area contributed by atoms with Crippen LogP contribution in [0.15, 0.2) is 12.2 Å². The molecule has 0 heterocycles. The zero-order valence-electron chi connectivity index (χ0n) is 6.67. The maximum Gasteiger partial charge on any atom is 0.182 e. The van der Waals surface area contributed by atoms with Crippen LogP contribution in [0, 0.1) is 0 Å². The lowest BCUT2D eigenvalue weighted by atomic mass is 10.1. The van der Waals surface area contributed by atoms with E-state index in [-0.39, 0.29) is 0 Å². The standard InChI is InChI=1S/C8H16O2/c1-3-5-7-8(9,10)6-4-2/h4,6,9-10H,3,5,7H2,1-2H3. The Balaban J connectivity index is 3.63. The van der Waals surface area contributed by atoms with Crippen LogP contribution in [-0.2, 0) is 0 Å². The van der Waals surface area contributed by atoms with Crippen LogP contribution in [0.2, 0.25) is 0 Å². The van der Waals surface area contributed by atoms with Gasteiger partial charge in [0.1, 0.15) is 0 Å². The molecule has 0 fully saturated rings. The van der Waals surface area contributed by atoms with Crippen molar-refractivity contribution in [1.82, 2.24) is 0 Å². The van der Waals surface area contributed by atoms with Gasteiger partial charge in [-0.15, -0.1) is 0 Å². The first-order valence-corrected chi connectivity index (χ1v) is 3.71. The van der Waals surface area contributed by atoms with Crippen LogP contribution < -0.4 is 0 Å². The van der Waals surface area contributed by atoms with E-state index in [1.54, 1.807) is 13.0 Å². The largest absolute Gasteiger partial charge is 0.362 e. The molecule has 60 valence electrons. The van der Waals surface area contributed by atoms with E-state index in [9.17, 15) is 0 Å². The van der Waals surface area contributed by atoms with E-state index in [0.717, 1.165) is 12.8 Å². The van der Waals surface area contributed by atoms with Gasteiger partial charge in [-0.1, -0.05) is 19.4 Å². The molecule has 0 aliphatic carbocycles. The summed E-state index contributed by atoms with van der Waals surface area (Å²) in [7, 11) is 0. The second kappa shape index (κ2) is 4.47. The summed E-state index contributed by atoms with van der Waals surface area (Å²) in [4.78, 5) is 0. The molecule has 0 bridgehead atoms. The first-order valence-electron chi connectivity index (χ1n) is 3.71. The first kappa shape index (κ1) is 9.66. The lowest BCUT2D eigenvalue weighted by Crippen LogP contribution is -2.24. The average molecular weight is 144 g/mol. The number of hydrogen-bond donors (Lipinski definition) is 2. The SMILES string of the molecule is CC=CC(O)(O)CCCC. The third-order valence-electron chi connectivity index (χ3n) is 1.33. The molecule has 0 atom stereocenters. The van der Waals surface area contributed by atoms with Crippen LogP contribution in [0.4, 0.5) is 0 Å². The summed E-state index contributed by atoms with van der Waals surface area (Å²) in [6.07, 6.45) is 5.31. The molecule has 0 aromatic carbocycles. The Kier molecular flexibility index (Phi) is 4.32. The van der Waals surface area contributed by atoms with Gasteiger partial charge in [-0.2, -0.15) is 0 Å². The monoisotopic (exact) mass is 144 g/mol. The Morgan fingerprint density at radius 1 is 1.40 bits per heavy atom. The van der Waals surface area contributed by atoms with Crippen LogP contribution in [0.25, 0.3) is 0 Å². The van der Waals surface area contributed by atoms with Crippen molar-refractivity contribution in [2.75, 3.05) is 0 Å². The molecular weight excluding hydrogens is 128 g/mol. The van der Waals surface area contributed by atoms with E-state index in [1.807, 2.05) is 6.92 Å². The highest BCUT2D eigenvalue weighted by atomic mass is 16.5. The van der Waals surface area contributed by atoms with Gasteiger partial charge in [0, 0.05) is 6.42 Å². The molecule has 2 nitrogen and oxygen atoms in total. The highest BCUT2D eigenvalue weighted by Crippen LogP contribution is 2.11. The maximum absolute atomic E-state index is 9.11. The highest BCUT2D eigenvalue weighted by Gasteiger charge is 2.16. The van der Waals surface area contributed by atoms with Crippen molar-refractivity contribution in [3.05, 3.63) is 12.2 Å². The van der Waals surface area contributed by atoms with Crippen LogP contribution in [0.1, 0.15) is 33.1 Å². The Bertz CT molecular complexity index is 106. The number of unbranched alkanes of at least 4 members (excludes halogenated alkanes) is 1. The minimum Gasteiger partial charge on any atom is -0.362 e. The maximum atomic E-state index is 9.11. The molecule has 0 radical (unpaired) electrons. The van der Waals surface area contributed by atoms with Crippen molar-refractivity contribution in [2.24, 2.45) is 0 Å². The van der Waals surface area contributed by atoms with Crippen LogP contribution >= 0.6 is 0 Å². The molecule has 0 aliphatic rings. The molecule has 0 aliphatic heterocycles. The van der Waals surface area contributed by atoms with E-state index < -0.39 is 5.79 Å². The van der Waals surface area contributed by atoms with Crippen LogP contribution in [0.5, 0.6) is 0 Å². The van der Waals surface area contributed by atoms with Gasteiger partial charge in [0.2, 0.25) is 0 Å². The molecule has 2 N–H and O–H groups in total. The van der Waals surface area contributed by atoms with Gasteiger partial charge in [0.05, 0.1) is 0 Å². The predicted octanol–water partition coefficient (Wildman–Crippen LogP) is 1.43. The molecule has 0 rings (SSSR count). The fourth-order valence-corrected chi connectivity index (χ4v) is 0.787. The molecule has 0 unspecified atom stereocenters.